The molecule has 0 saturated heterocycles. The van der Waals surface area contributed by atoms with E-state index in [-0.39, 0.29) is 0 Å². The molecule has 0 aliphatic carbocycles. The molecule has 2 nitrogen and oxygen atoms in total. The fourth-order valence-electron chi connectivity index (χ4n) is 2.67. The zero-order chi connectivity index (χ0) is 14.4. The predicted octanol–water partition coefficient (Wildman–Crippen LogP) is 5.13. The summed E-state index contributed by atoms with van der Waals surface area (Å²) in [5, 5.41) is 12.6. The first-order chi connectivity index (χ1) is 10.2. The summed E-state index contributed by atoms with van der Waals surface area (Å²) in [5.41, 5.74) is 2.86. The summed E-state index contributed by atoms with van der Waals surface area (Å²) in [6.07, 6.45) is 0. The molecule has 0 aliphatic heterocycles. The topological polar surface area (TPSA) is 33.1 Å². The average molecular weight is 291 g/mol. The van der Waals surface area contributed by atoms with Gasteiger partial charge in [0.2, 0.25) is 0 Å². The van der Waals surface area contributed by atoms with E-state index in [4.69, 9.17) is 0 Å². The van der Waals surface area contributed by atoms with Crippen LogP contribution in [-0.4, -0.2) is 10.1 Å². The Morgan fingerprint density at radius 2 is 1.81 bits per heavy atom. The van der Waals surface area contributed by atoms with Gasteiger partial charge in [0.25, 0.3) is 0 Å². The number of benzene rings is 2. The van der Waals surface area contributed by atoms with E-state index in [1.807, 2.05) is 61.5 Å². The minimum Gasteiger partial charge on any atom is -0.506 e. The van der Waals surface area contributed by atoms with Crippen molar-refractivity contribution in [1.29, 1.82) is 0 Å². The van der Waals surface area contributed by atoms with E-state index >= 15 is 0 Å². The average Bonchev–Trinajstić information content (AvgIpc) is 2.85. The van der Waals surface area contributed by atoms with Crippen LogP contribution in [0.4, 0.5) is 0 Å². The quantitative estimate of drug-likeness (QED) is 0.527. The van der Waals surface area contributed by atoms with Crippen LogP contribution in [-0.2, 0) is 0 Å². The van der Waals surface area contributed by atoms with Crippen LogP contribution in [0, 0.1) is 6.92 Å². The van der Waals surface area contributed by atoms with Gasteiger partial charge in [-0.3, -0.25) is 0 Å². The second-order valence-corrected chi connectivity index (χ2v) is 6.17. The van der Waals surface area contributed by atoms with Gasteiger partial charge >= 0.3 is 0 Å². The van der Waals surface area contributed by atoms with Crippen molar-refractivity contribution < 1.29 is 5.11 Å². The summed E-state index contributed by atoms with van der Waals surface area (Å²) in [4.78, 5) is 5.52. The third-order valence-corrected chi connectivity index (χ3v) is 4.90. The fraction of sp³-hybridized carbons (Fsp3) is 0.0556. The zero-order valence-electron chi connectivity index (χ0n) is 11.5. The number of aryl methyl sites for hydroxylation is 1. The van der Waals surface area contributed by atoms with Crippen molar-refractivity contribution >= 4 is 32.3 Å². The molecule has 0 spiro atoms. The highest BCUT2D eigenvalue weighted by atomic mass is 32.1. The lowest BCUT2D eigenvalue weighted by atomic mass is 10.1. The smallest absolute Gasteiger partial charge is 0.143 e. The van der Waals surface area contributed by atoms with Crippen LogP contribution in [0.3, 0.4) is 0 Å². The van der Waals surface area contributed by atoms with E-state index < -0.39 is 0 Å². The van der Waals surface area contributed by atoms with Gasteiger partial charge in [-0.15, -0.1) is 11.3 Å². The highest BCUT2D eigenvalue weighted by Crippen LogP contribution is 2.44. The summed E-state index contributed by atoms with van der Waals surface area (Å²) >= 11 is 1.59. The molecule has 2 heterocycles. The molecule has 3 heteroatoms. The minimum atomic E-state index is 0.343. The third-order valence-electron chi connectivity index (χ3n) is 3.73. The molecule has 0 fully saturated rings. The van der Waals surface area contributed by atoms with E-state index in [9.17, 15) is 5.11 Å². The van der Waals surface area contributed by atoms with Gasteiger partial charge in [-0.2, -0.15) is 0 Å². The summed E-state index contributed by atoms with van der Waals surface area (Å²) in [6, 6.07) is 18.1. The first kappa shape index (κ1) is 12.4. The van der Waals surface area contributed by atoms with Crippen molar-refractivity contribution in [2.75, 3.05) is 0 Å². The van der Waals surface area contributed by atoms with Crippen LogP contribution in [0.15, 0.2) is 54.6 Å². The number of hydrogen-bond acceptors (Lipinski definition) is 3. The molecule has 102 valence electrons. The Bertz CT molecular complexity index is 971. The Hall–Kier alpha value is -2.39. The largest absolute Gasteiger partial charge is 0.506 e. The van der Waals surface area contributed by atoms with Crippen molar-refractivity contribution in [2.45, 2.75) is 6.92 Å². The second-order valence-electron chi connectivity index (χ2n) is 5.12. The van der Waals surface area contributed by atoms with E-state index in [1.54, 1.807) is 11.3 Å². The molecular formula is C18H13NOS. The highest BCUT2D eigenvalue weighted by Gasteiger charge is 2.15. The van der Waals surface area contributed by atoms with Crippen molar-refractivity contribution in [3.63, 3.8) is 0 Å². The van der Waals surface area contributed by atoms with Crippen LogP contribution in [0.1, 0.15) is 5.56 Å². The van der Waals surface area contributed by atoms with Gasteiger partial charge < -0.3 is 5.11 Å². The van der Waals surface area contributed by atoms with Crippen molar-refractivity contribution in [2.24, 2.45) is 0 Å². The minimum absolute atomic E-state index is 0.343. The second kappa shape index (κ2) is 4.57. The van der Waals surface area contributed by atoms with Crippen LogP contribution < -0.4 is 0 Å². The summed E-state index contributed by atoms with van der Waals surface area (Å²) in [6.45, 7) is 2.02. The lowest BCUT2D eigenvalue weighted by Gasteiger charge is -2.02. The molecule has 1 N–H and O–H groups in total. The highest BCUT2D eigenvalue weighted by molar-refractivity contribution is 7.22. The molecule has 0 bridgehead atoms. The number of hydrogen-bond donors (Lipinski definition) is 1. The van der Waals surface area contributed by atoms with Gasteiger partial charge in [0.15, 0.2) is 0 Å². The van der Waals surface area contributed by atoms with Crippen molar-refractivity contribution in [3.8, 4) is 16.3 Å². The number of pyridine rings is 1. The molecule has 0 aliphatic rings. The van der Waals surface area contributed by atoms with E-state index in [0.717, 1.165) is 37.1 Å². The van der Waals surface area contributed by atoms with Crippen LogP contribution in [0.25, 0.3) is 31.6 Å². The van der Waals surface area contributed by atoms with Crippen molar-refractivity contribution in [3.05, 3.63) is 60.2 Å². The lowest BCUT2D eigenvalue weighted by Crippen LogP contribution is -1.82. The van der Waals surface area contributed by atoms with Crippen LogP contribution >= 0.6 is 11.3 Å². The molecule has 0 unspecified atom stereocenters. The molecule has 0 radical (unpaired) electrons. The van der Waals surface area contributed by atoms with Gasteiger partial charge in [0, 0.05) is 15.5 Å². The van der Waals surface area contributed by atoms with E-state index in [0.29, 0.717) is 5.75 Å². The fourth-order valence-corrected chi connectivity index (χ4v) is 3.81. The van der Waals surface area contributed by atoms with E-state index in [1.165, 1.54) is 0 Å². The maximum Gasteiger partial charge on any atom is 0.143 e. The van der Waals surface area contributed by atoms with Gasteiger partial charge in [-0.05, 0) is 30.7 Å². The monoisotopic (exact) mass is 291 g/mol. The number of para-hydroxylation sites is 1. The standard InChI is InChI=1S/C18H13NOS/c1-11-5-4-8-15-16(11)17(20)18(21-15)14-10-9-12-6-2-3-7-13(12)19-14/h2-10,20H,1H3. The molecule has 0 atom stereocenters. The first-order valence-electron chi connectivity index (χ1n) is 6.81. The predicted molar refractivity (Wildman–Crippen MR) is 89.0 cm³/mol. The van der Waals surface area contributed by atoms with Gasteiger partial charge in [0.1, 0.15) is 5.75 Å². The molecule has 2 aromatic carbocycles. The van der Waals surface area contributed by atoms with Crippen LogP contribution in [0.5, 0.6) is 5.75 Å². The Balaban J connectivity index is 2.00. The first-order valence-corrected chi connectivity index (χ1v) is 7.63. The molecule has 0 saturated carbocycles. The van der Waals surface area contributed by atoms with Gasteiger partial charge in [-0.1, -0.05) is 36.4 Å². The molecule has 4 aromatic rings. The van der Waals surface area contributed by atoms with Gasteiger partial charge in [0.05, 0.1) is 16.1 Å². The zero-order valence-corrected chi connectivity index (χ0v) is 12.3. The summed E-state index contributed by atoms with van der Waals surface area (Å²) in [7, 11) is 0. The van der Waals surface area contributed by atoms with Crippen LogP contribution in [0.2, 0.25) is 0 Å². The van der Waals surface area contributed by atoms with Crippen molar-refractivity contribution in [1.82, 2.24) is 4.98 Å². The molecule has 4 rings (SSSR count). The Labute approximate surface area is 126 Å². The number of nitrogens with zero attached hydrogens (tertiary/aromatic N) is 1. The third kappa shape index (κ3) is 1.89. The number of aromatic nitrogens is 1. The Kier molecular flexibility index (Phi) is 2.69. The Morgan fingerprint density at radius 3 is 2.67 bits per heavy atom. The number of thiophene rings is 1. The normalized spacial score (nSPS) is 11.3. The van der Waals surface area contributed by atoms with Gasteiger partial charge in [-0.25, -0.2) is 4.98 Å². The Morgan fingerprint density at radius 1 is 0.952 bits per heavy atom. The molecule has 2 aromatic heterocycles. The molecule has 21 heavy (non-hydrogen) atoms. The SMILES string of the molecule is Cc1cccc2sc(-c3ccc4ccccc4n3)c(O)c12. The summed E-state index contributed by atoms with van der Waals surface area (Å²) in [5.74, 6) is 0.343. The maximum absolute atomic E-state index is 10.6. The number of fused-ring (bicyclic) bond motifs is 2. The molecule has 0 amide bonds. The number of rotatable bonds is 1. The van der Waals surface area contributed by atoms with E-state index in [2.05, 4.69) is 4.98 Å². The maximum atomic E-state index is 10.6. The lowest BCUT2D eigenvalue weighted by molar-refractivity contribution is 0.485. The molecular weight excluding hydrogens is 278 g/mol. The number of aromatic hydroxyl groups is 1. The summed E-state index contributed by atoms with van der Waals surface area (Å²) < 4.78 is 1.09.